The van der Waals surface area contributed by atoms with Crippen LogP contribution in [0.15, 0.2) is 47.4 Å². The van der Waals surface area contributed by atoms with E-state index in [1.165, 1.54) is 4.88 Å². The molecule has 0 spiro atoms. The van der Waals surface area contributed by atoms with Crippen molar-refractivity contribution in [3.8, 4) is 17.2 Å². The molecule has 1 aliphatic rings. The molecule has 0 aliphatic carbocycles. The Morgan fingerprint density at radius 1 is 1.14 bits per heavy atom. The topological polar surface area (TPSA) is 72.9 Å². The lowest BCUT2D eigenvalue weighted by molar-refractivity contribution is 0.0916. The Morgan fingerprint density at radius 3 is 2.58 bits per heavy atom. The summed E-state index contributed by atoms with van der Waals surface area (Å²) < 4.78 is 17.3. The number of methoxy groups -OCH3 is 1. The molecular weight excluding hydrogens is 494 g/mol. The van der Waals surface area contributed by atoms with Crippen LogP contribution in [0.5, 0.6) is 17.2 Å². The van der Waals surface area contributed by atoms with Gasteiger partial charge in [0.15, 0.2) is 5.13 Å². The Balaban J connectivity index is 1.55. The number of thioether (sulfide) groups is 1. The fourth-order valence-electron chi connectivity index (χ4n) is 3.99. The first-order chi connectivity index (χ1) is 17.3. The highest BCUT2D eigenvalue weighted by Gasteiger charge is 2.23. The molecule has 7 nitrogen and oxygen atoms in total. The van der Waals surface area contributed by atoms with E-state index in [2.05, 4.69) is 24.1 Å². The number of hydrogen-bond donors (Lipinski definition) is 1. The highest BCUT2D eigenvalue weighted by molar-refractivity contribution is 7.98. The predicted molar refractivity (Wildman–Crippen MR) is 146 cm³/mol. The number of nitrogens with zero attached hydrogens (tertiary/aromatic N) is 2. The fourth-order valence-corrected chi connectivity index (χ4v) is 5.43. The van der Waals surface area contributed by atoms with Crippen LogP contribution in [-0.2, 0) is 17.7 Å². The van der Waals surface area contributed by atoms with E-state index in [9.17, 15) is 4.79 Å². The number of carbonyl (C=O) groups excluding carboxylic acids is 1. The zero-order valence-corrected chi connectivity index (χ0v) is 23.0. The van der Waals surface area contributed by atoms with Crippen LogP contribution in [0.25, 0.3) is 0 Å². The average Bonchev–Trinajstić information content (AvgIpc) is 3.26. The molecule has 1 amide bonds. The van der Waals surface area contributed by atoms with Crippen molar-refractivity contribution in [2.45, 2.75) is 50.8 Å². The molecule has 4 rings (SSSR count). The Kier molecular flexibility index (Phi) is 8.90. The van der Waals surface area contributed by atoms with Gasteiger partial charge in [0.05, 0.1) is 12.3 Å². The third-order valence-corrected chi connectivity index (χ3v) is 7.63. The molecule has 1 N–H and O–H groups in total. The zero-order valence-electron chi connectivity index (χ0n) is 21.4. The summed E-state index contributed by atoms with van der Waals surface area (Å²) in [7, 11) is 1.63. The van der Waals surface area contributed by atoms with Gasteiger partial charge in [-0.15, -0.1) is 23.1 Å². The van der Waals surface area contributed by atoms with Crippen molar-refractivity contribution >= 4 is 34.1 Å². The maximum Gasteiger partial charge on any atom is 0.257 e. The fraction of sp³-hybridized carbons (Fsp3) is 0.407. The molecule has 0 saturated carbocycles. The smallest absolute Gasteiger partial charge is 0.257 e. The van der Waals surface area contributed by atoms with Gasteiger partial charge in [-0.3, -0.25) is 15.0 Å². The number of ether oxygens (including phenoxy) is 3. The van der Waals surface area contributed by atoms with E-state index >= 15 is 0 Å². The number of anilines is 1. The Morgan fingerprint density at radius 2 is 1.89 bits per heavy atom. The Bertz CT molecular complexity index is 1180. The van der Waals surface area contributed by atoms with Crippen LogP contribution >= 0.6 is 23.1 Å². The SMILES string of the molecule is COCC(C)Oc1cc(Oc2ccc(SC)cc2)cc(C(=O)Nc2nc3c(s2)CN(C(C)C)CC3)c1. The Hall–Kier alpha value is -2.59. The summed E-state index contributed by atoms with van der Waals surface area (Å²) in [4.78, 5) is 22.7. The van der Waals surface area contributed by atoms with E-state index in [1.54, 1.807) is 48.4 Å². The van der Waals surface area contributed by atoms with E-state index < -0.39 is 0 Å². The zero-order chi connectivity index (χ0) is 25.7. The molecule has 0 saturated heterocycles. The van der Waals surface area contributed by atoms with Crippen molar-refractivity contribution in [2.75, 3.05) is 31.8 Å². The van der Waals surface area contributed by atoms with Crippen molar-refractivity contribution in [3.63, 3.8) is 0 Å². The number of nitrogens with one attached hydrogen (secondary N) is 1. The molecule has 9 heteroatoms. The van der Waals surface area contributed by atoms with Gasteiger partial charge in [0.25, 0.3) is 5.91 Å². The first kappa shape index (κ1) is 26.5. The minimum absolute atomic E-state index is 0.184. The van der Waals surface area contributed by atoms with E-state index in [4.69, 9.17) is 19.2 Å². The number of aromatic nitrogens is 1. The third kappa shape index (κ3) is 6.79. The van der Waals surface area contributed by atoms with Gasteiger partial charge in [-0.25, -0.2) is 4.98 Å². The summed E-state index contributed by atoms with van der Waals surface area (Å²) in [6.07, 6.45) is 2.74. The summed E-state index contributed by atoms with van der Waals surface area (Å²) in [5, 5.41) is 3.60. The average molecular weight is 528 g/mol. The van der Waals surface area contributed by atoms with Crippen LogP contribution in [0.1, 0.15) is 41.7 Å². The van der Waals surface area contributed by atoms with Crippen molar-refractivity contribution in [1.82, 2.24) is 9.88 Å². The van der Waals surface area contributed by atoms with Crippen LogP contribution < -0.4 is 14.8 Å². The second kappa shape index (κ2) is 12.1. The molecule has 1 atom stereocenters. The molecule has 2 aromatic carbocycles. The minimum atomic E-state index is -0.255. The maximum atomic E-state index is 13.3. The third-order valence-electron chi connectivity index (χ3n) is 5.89. The summed E-state index contributed by atoms with van der Waals surface area (Å²) >= 11 is 3.21. The highest BCUT2D eigenvalue weighted by Crippen LogP contribution is 2.32. The van der Waals surface area contributed by atoms with Gasteiger partial charge in [-0.1, -0.05) is 0 Å². The van der Waals surface area contributed by atoms with Gasteiger partial charge in [0, 0.05) is 54.1 Å². The molecule has 1 aromatic heterocycles. The Labute approximate surface area is 221 Å². The molecule has 0 bridgehead atoms. The largest absolute Gasteiger partial charge is 0.488 e. The standard InChI is InChI=1S/C27H33N3O4S2/c1-17(2)30-11-10-24-25(15-30)36-27(28-24)29-26(31)19-12-21(33-18(3)16-32-4)14-22(13-19)34-20-6-8-23(35-5)9-7-20/h6-9,12-14,17-18H,10-11,15-16H2,1-5H3,(H,28,29,31). The van der Waals surface area contributed by atoms with Gasteiger partial charge in [0.1, 0.15) is 23.4 Å². The van der Waals surface area contributed by atoms with Crippen molar-refractivity contribution in [1.29, 1.82) is 0 Å². The molecule has 192 valence electrons. The summed E-state index contributed by atoms with van der Waals surface area (Å²) in [6.45, 7) is 8.61. The van der Waals surface area contributed by atoms with Crippen LogP contribution in [0, 0.1) is 0 Å². The number of amides is 1. The van der Waals surface area contributed by atoms with Gasteiger partial charge in [0.2, 0.25) is 0 Å². The molecule has 1 unspecified atom stereocenters. The van der Waals surface area contributed by atoms with Crippen LogP contribution in [0.3, 0.4) is 0 Å². The molecular formula is C27H33N3O4S2. The molecule has 3 aromatic rings. The van der Waals surface area contributed by atoms with Crippen molar-refractivity contribution < 1.29 is 19.0 Å². The quantitative estimate of drug-likeness (QED) is 0.320. The summed E-state index contributed by atoms with van der Waals surface area (Å²) in [6, 6.07) is 13.5. The molecule has 36 heavy (non-hydrogen) atoms. The molecule has 0 radical (unpaired) electrons. The second-order valence-electron chi connectivity index (χ2n) is 9.01. The summed E-state index contributed by atoms with van der Waals surface area (Å²) in [5.41, 5.74) is 1.51. The lowest BCUT2D eigenvalue weighted by Crippen LogP contribution is -2.35. The maximum absolute atomic E-state index is 13.3. The van der Waals surface area contributed by atoms with E-state index in [-0.39, 0.29) is 12.0 Å². The molecule has 2 heterocycles. The number of hydrogen-bond acceptors (Lipinski definition) is 8. The summed E-state index contributed by atoms with van der Waals surface area (Å²) in [5.74, 6) is 1.48. The van der Waals surface area contributed by atoms with Crippen LogP contribution in [0.4, 0.5) is 5.13 Å². The minimum Gasteiger partial charge on any atom is -0.488 e. The van der Waals surface area contributed by atoms with Gasteiger partial charge >= 0.3 is 0 Å². The van der Waals surface area contributed by atoms with Gasteiger partial charge < -0.3 is 14.2 Å². The van der Waals surface area contributed by atoms with Crippen LogP contribution in [0.2, 0.25) is 0 Å². The van der Waals surface area contributed by atoms with Crippen molar-refractivity contribution in [2.24, 2.45) is 0 Å². The number of carbonyl (C=O) groups is 1. The normalized spacial score (nSPS) is 14.4. The number of fused-ring (bicyclic) bond motifs is 1. The first-order valence-electron chi connectivity index (χ1n) is 12.0. The number of benzene rings is 2. The highest BCUT2D eigenvalue weighted by atomic mass is 32.2. The van der Waals surface area contributed by atoms with Crippen LogP contribution in [-0.4, -0.2) is 54.5 Å². The monoisotopic (exact) mass is 527 g/mol. The molecule has 1 aliphatic heterocycles. The number of thiazole rings is 1. The van der Waals surface area contributed by atoms with E-state index in [1.807, 2.05) is 37.4 Å². The van der Waals surface area contributed by atoms with E-state index in [0.29, 0.717) is 40.6 Å². The van der Waals surface area contributed by atoms with Gasteiger partial charge in [-0.05, 0) is 63.4 Å². The predicted octanol–water partition coefficient (Wildman–Crippen LogP) is 6.09. The first-order valence-corrected chi connectivity index (χ1v) is 14.0. The lowest BCUT2D eigenvalue weighted by atomic mass is 10.1. The number of rotatable bonds is 10. The lowest BCUT2D eigenvalue weighted by Gasteiger charge is -2.29. The van der Waals surface area contributed by atoms with E-state index in [0.717, 1.165) is 30.1 Å². The van der Waals surface area contributed by atoms with Gasteiger partial charge in [-0.2, -0.15) is 0 Å². The van der Waals surface area contributed by atoms with Crippen molar-refractivity contribution in [3.05, 3.63) is 58.6 Å². The second-order valence-corrected chi connectivity index (χ2v) is 11.0. The molecule has 0 fully saturated rings.